The van der Waals surface area contributed by atoms with Crippen LogP contribution in [-0.4, -0.2) is 25.5 Å². The van der Waals surface area contributed by atoms with E-state index in [1.807, 2.05) is 24.3 Å². The van der Waals surface area contributed by atoms with Crippen molar-refractivity contribution in [1.82, 2.24) is 0 Å². The third-order valence-corrected chi connectivity index (χ3v) is 6.07. The van der Waals surface area contributed by atoms with E-state index in [9.17, 15) is 9.59 Å². The Morgan fingerprint density at radius 1 is 0.818 bits per heavy atom. The van der Waals surface area contributed by atoms with Gasteiger partial charge in [0.1, 0.15) is 11.5 Å². The summed E-state index contributed by atoms with van der Waals surface area (Å²) in [6.45, 7) is 7.06. The number of fused-ring (bicyclic) bond motifs is 2. The van der Waals surface area contributed by atoms with Crippen LogP contribution < -0.4 is 9.47 Å². The Morgan fingerprint density at radius 2 is 1.33 bits per heavy atom. The molecule has 0 heterocycles. The Bertz CT molecular complexity index is 951. The molecule has 0 N–H and O–H groups in total. The predicted octanol–water partition coefficient (Wildman–Crippen LogP) is 7.38. The van der Waals surface area contributed by atoms with Gasteiger partial charge in [0.25, 0.3) is 0 Å². The fourth-order valence-electron chi connectivity index (χ4n) is 4.27. The van der Waals surface area contributed by atoms with E-state index in [1.54, 1.807) is 0 Å². The molecule has 0 amide bonds. The molecule has 0 aromatic heterocycles. The molecule has 2 aromatic carbocycles. The second-order valence-corrected chi connectivity index (χ2v) is 8.82. The monoisotopic (exact) mass is 456 g/mol. The summed E-state index contributed by atoms with van der Waals surface area (Å²) >= 11 is 0. The molecule has 6 heteroatoms. The first-order valence-electron chi connectivity index (χ1n) is 12.3. The summed E-state index contributed by atoms with van der Waals surface area (Å²) in [6.07, 6.45) is 6.80. The molecule has 1 unspecified atom stereocenters. The Balaban J connectivity index is 1.91. The minimum absolute atomic E-state index is 0.342. The van der Waals surface area contributed by atoms with Crippen molar-refractivity contribution in [3.8, 4) is 11.5 Å². The molecule has 33 heavy (non-hydrogen) atoms. The van der Waals surface area contributed by atoms with Gasteiger partial charge in [0.15, 0.2) is 0 Å². The molecule has 180 valence electrons. The van der Waals surface area contributed by atoms with E-state index in [-0.39, 0.29) is 0 Å². The number of hydrogen-bond acceptors (Lipinski definition) is 6. The van der Waals surface area contributed by atoms with Gasteiger partial charge in [0, 0.05) is 21.9 Å². The molecule has 0 saturated carbocycles. The van der Waals surface area contributed by atoms with Crippen LogP contribution in [0.2, 0.25) is 0 Å². The molecule has 1 aliphatic carbocycles. The van der Waals surface area contributed by atoms with Crippen LogP contribution in [0.15, 0.2) is 24.3 Å². The van der Waals surface area contributed by atoms with Crippen molar-refractivity contribution in [2.75, 3.05) is 13.2 Å². The maximum atomic E-state index is 12.5. The Kier molecular flexibility index (Phi) is 9.40. The van der Waals surface area contributed by atoms with Gasteiger partial charge in [0.2, 0.25) is 0 Å². The lowest BCUT2D eigenvalue weighted by atomic mass is 9.82. The van der Waals surface area contributed by atoms with Crippen molar-refractivity contribution in [3.05, 3.63) is 35.4 Å². The van der Waals surface area contributed by atoms with E-state index in [2.05, 4.69) is 20.8 Å². The second kappa shape index (κ2) is 12.5. The van der Waals surface area contributed by atoms with Crippen molar-refractivity contribution in [2.45, 2.75) is 78.6 Å². The van der Waals surface area contributed by atoms with E-state index in [4.69, 9.17) is 18.9 Å². The van der Waals surface area contributed by atoms with E-state index < -0.39 is 12.3 Å². The molecule has 0 spiro atoms. The third kappa shape index (κ3) is 6.62. The first-order valence-corrected chi connectivity index (χ1v) is 12.3. The first kappa shape index (κ1) is 24.9. The van der Waals surface area contributed by atoms with E-state index in [0.29, 0.717) is 30.6 Å². The van der Waals surface area contributed by atoms with Crippen LogP contribution >= 0.6 is 0 Å². The van der Waals surface area contributed by atoms with E-state index in [0.717, 1.165) is 79.7 Å². The smallest absolute Gasteiger partial charge is 0.434 e. The highest BCUT2D eigenvalue weighted by molar-refractivity contribution is 5.98. The normalized spacial score (nSPS) is 15.1. The molecule has 3 rings (SSSR count). The lowest BCUT2D eigenvalue weighted by molar-refractivity contribution is 0.0951. The van der Waals surface area contributed by atoms with Crippen LogP contribution in [0.3, 0.4) is 0 Å². The van der Waals surface area contributed by atoms with Crippen LogP contribution in [0, 0.1) is 5.92 Å². The van der Waals surface area contributed by atoms with Gasteiger partial charge in [-0.15, -0.1) is 0 Å². The summed E-state index contributed by atoms with van der Waals surface area (Å²) < 4.78 is 22.1. The molecular weight excluding hydrogens is 420 g/mol. The van der Waals surface area contributed by atoms with E-state index >= 15 is 0 Å². The average molecular weight is 457 g/mol. The summed E-state index contributed by atoms with van der Waals surface area (Å²) in [5, 5.41) is 1.45. The molecule has 0 bridgehead atoms. The third-order valence-electron chi connectivity index (χ3n) is 6.07. The highest BCUT2D eigenvalue weighted by Gasteiger charge is 2.29. The van der Waals surface area contributed by atoms with Gasteiger partial charge in [-0.2, -0.15) is 0 Å². The Labute approximate surface area is 196 Å². The fraction of sp³-hybridized carbons (Fsp3) is 0.556. The van der Waals surface area contributed by atoms with Gasteiger partial charge in [-0.05, 0) is 38.0 Å². The van der Waals surface area contributed by atoms with Crippen LogP contribution in [0.1, 0.15) is 76.8 Å². The molecule has 1 atom stereocenters. The van der Waals surface area contributed by atoms with Gasteiger partial charge in [-0.3, -0.25) is 0 Å². The molecule has 0 aliphatic heterocycles. The van der Waals surface area contributed by atoms with Gasteiger partial charge in [-0.1, -0.05) is 70.7 Å². The lowest BCUT2D eigenvalue weighted by Crippen LogP contribution is -2.20. The van der Waals surface area contributed by atoms with Crippen molar-refractivity contribution in [1.29, 1.82) is 0 Å². The quantitative estimate of drug-likeness (QED) is 0.211. The summed E-state index contributed by atoms with van der Waals surface area (Å²) in [7, 11) is 0. The van der Waals surface area contributed by atoms with Crippen LogP contribution in [-0.2, 0) is 22.3 Å². The van der Waals surface area contributed by atoms with Crippen molar-refractivity contribution in [3.63, 3.8) is 0 Å². The summed E-state index contributed by atoms with van der Waals surface area (Å²) in [5.41, 5.74) is 1.82. The zero-order valence-electron chi connectivity index (χ0n) is 20.1. The Morgan fingerprint density at radius 3 is 1.85 bits per heavy atom. The zero-order chi connectivity index (χ0) is 23.6. The van der Waals surface area contributed by atoms with Crippen molar-refractivity contribution < 1.29 is 28.5 Å². The topological polar surface area (TPSA) is 71.1 Å². The summed E-state index contributed by atoms with van der Waals surface area (Å²) in [6, 6.07) is 7.53. The summed E-state index contributed by atoms with van der Waals surface area (Å²) in [4.78, 5) is 24.9. The predicted molar refractivity (Wildman–Crippen MR) is 128 cm³/mol. The molecule has 2 aromatic rings. The number of carbonyl (C=O) groups is 2. The standard InChI is InChI=1S/C27H36O6/c1-4-6-10-16-30-26(28)32-24-20-12-8-9-13-21(20)25(23-18-19(3)14-15-22(23)24)33-27(29)31-17-11-7-5-2/h8-9,12-13,19H,4-7,10-11,14-18H2,1-3H3. The number of benzene rings is 2. The van der Waals surface area contributed by atoms with Crippen molar-refractivity contribution in [2.24, 2.45) is 5.92 Å². The number of hydrogen-bond donors (Lipinski definition) is 0. The average Bonchev–Trinajstić information content (AvgIpc) is 2.81. The van der Waals surface area contributed by atoms with Crippen LogP contribution in [0.4, 0.5) is 9.59 Å². The maximum absolute atomic E-state index is 12.5. The highest BCUT2D eigenvalue weighted by atomic mass is 16.7. The van der Waals surface area contributed by atoms with Crippen molar-refractivity contribution >= 4 is 23.1 Å². The summed E-state index contributed by atoms with van der Waals surface area (Å²) in [5.74, 6) is 1.45. The fourth-order valence-corrected chi connectivity index (χ4v) is 4.27. The van der Waals surface area contributed by atoms with Crippen LogP contribution in [0.5, 0.6) is 11.5 Å². The molecule has 0 fully saturated rings. The SMILES string of the molecule is CCCCCOC(=O)Oc1c2c(c(OC(=O)OCCCCC)c3ccccc13)CC(C)CC2. The lowest BCUT2D eigenvalue weighted by Gasteiger charge is -2.27. The largest absolute Gasteiger partial charge is 0.513 e. The molecule has 1 aliphatic rings. The number of rotatable bonds is 10. The molecule has 6 nitrogen and oxygen atoms in total. The van der Waals surface area contributed by atoms with Gasteiger partial charge < -0.3 is 18.9 Å². The minimum Gasteiger partial charge on any atom is -0.434 e. The maximum Gasteiger partial charge on any atom is 0.513 e. The highest BCUT2D eigenvalue weighted by Crippen LogP contribution is 2.45. The number of unbranched alkanes of at least 4 members (excludes halogenated alkanes) is 4. The van der Waals surface area contributed by atoms with E-state index in [1.165, 1.54) is 0 Å². The second-order valence-electron chi connectivity index (χ2n) is 8.82. The first-order chi connectivity index (χ1) is 16.0. The van der Waals surface area contributed by atoms with Gasteiger partial charge >= 0.3 is 12.3 Å². The van der Waals surface area contributed by atoms with Gasteiger partial charge in [-0.25, -0.2) is 9.59 Å². The van der Waals surface area contributed by atoms with Gasteiger partial charge in [0.05, 0.1) is 13.2 Å². The minimum atomic E-state index is -0.694. The Hall–Kier alpha value is -2.76. The molecular formula is C27H36O6. The number of carbonyl (C=O) groups excluding carboxylic acids is 2. The molecule has 0 radical (unpaired) electrons. The van der Waals surface area contributed by atoms with Crippen LogP contribution in [0.25, 0.3) is 10.8 Å². The number of ether oxygens (including phenoxy) is 4. The zero-order valence-corrected chi connectivity index (χ0v) is 20.1. The molecule has 0 saturated heterocycles.